The molecule has 0 saturated carbocycles. The molecule has 2 heterocycles. The summed E-state index contributed by atoms with van der Waals surface area (Å²) in [5.74, 6) is -1.11. The average Bonchev–Trinajstić information content (AvgIpc) is 3.40. The molecule has 32 heavy (non-hydrogen) atoms. The maximum atomic E-state index is 13.3. The second kappa shape index (κ2) is 9.36. The van der Waals surface area contributed by atoms with Crippen molar-refractivity contribution in [1.82, 2.24) is 4.90 Å². The van der Waals surface area contributed by atoms with Crippen molar-refractivity contribution in [3.63, 3.8) is 0 Å². The first kappa shape index (κ1) is 21.8. The average molecular weight is 450 g/mol. The number of imide groups is 1. The van der Waals surface area contributed by atoms with E-state index in [1.165, 1.54) is 28.4 Å². The van der Waals surface area contributed by atoms with Crippen molar-refractivity contribution >= 4 is 40.1 Å². The molecular formula is C25H24FN3O2S. The molecule has 5 nitrogen and oxygen atoms in total. The number of carbonyl (C=O) groups excluding carboxylic acids is 2. The van der Waals surface area contributed by atoms with E-state index in [4.69, 9.17) is 0 Å². The summed E-state index contributed by atoms with van der Waals surface area (Å²) in [5, 5.41) is 5.06. The van der Waals surface area contributed by atoms with E-state index in [1.807, 2.05) is 41.8 Å². The van der Waals surface area contributed by atoms with E-state index in [0.29, 0.717) is 11.1 Å². The number of halogens is 1. The van der Waals surface area contributed by atoms with Gasteiger partial charge in [0, 0.05) is 29.3 Å². The molecule has 1 aromatic heterocycles. The molecule has 0 bridgehead atoms. The number of benzene rings is 2. The smallest absolute Gasteiger partial charge is 0.278 e. The lowest BCUT2D eigenvalue weighted by molar-refractivity contribution is -0.137. The van der Waals surface area contributed by atoms with Crippen molar-refractivity contribution in [1.29, 1.82) is 0 Å². The van der Waals surface area contributed by atoms with Gasteiger partial charge in [0.15, 0.2) is 0 Å². The Morgan fingerprint density at radius 1 is 0.938 bits per heavy atom. The van der Waals surface area contributed by atoms with Gasteiger partial charge in [0.2, 0.25) is 0 Å². The molecule has 3 aromatic rings. The largest absolute Gasteiger partial charge is 0.372 e. The lowest BCUT2D eigenvalue weighted by Gasteiger charge is -2.21. The minimum atomic E-state index is -0.393. The van der Waals surface area contributed by atoms with E-state index >= 15 is 0 Å². The normalized spacial score (nSPS) is 13.8. The minimum Gasteiger partial charge on any atom is -0.372 e. The quantitative estimate of drug-likeness (QED) is 0.485. The molecule has 0 fully saturated rings. The standard InChI is InChI=1S/C25H24FN3O2S/c1-3-28(4-2)20-13-11-19(12-14-20)27-23-22(21-6-5-15-32-21)24(30)29(25(23)31)16-17-7-9-18(26)10-8-17/h5-15,27H,3-4,16H2,1-2H3. The lowest BCUT2D eigenvalue weighted by Crippen LogP contribution is -2.31. The van der Waals surface area contributed by atoms with E-state index in [2.05, 4.69) is 24.1 Å². The van der Waals surface area contributed by atoms with Crippen LogP contribution in [0.2, 0.25) is 0 Å². The molecule has 0 aliphatic carbocycles. The zero-order chi connectivity index (χ0) is 22.7. The zero-order valence-corrected chi connectivity index (χ0v) is 18.8. The summed E-state index contributed by atoms with van der Waals surface area (Å²) in [6.45, 7) is 6.10. The molecule has 1 aliphatic rings. The molecule has 0 unspecified atom stereocenters. The maximum absolute atomic E-state index is 13.3. The molecule has 7 heteroatoms. The van der Waals surface area contributed by atoms with Crippen molar-refractivity contribution in [2.24, 2.45) is 0 Å². The molecule has 1 N–H and O–H groups in total. The Morgan fingerprint density at radius 3 is 2.22 bits per heavy atom. The highest BCUT2D eigenvalue weighted by molar-refractivity contribution is 7.11. The van der Waals surface area contributed by atoms with Gasteiger partial charge in [-0.05, 0) is 67.3 Å². The highest BCUT2D eigenvalue weighted by Gasteiger charge is 2.39. The molecule has 2 amide bonds. The third-order valence-corrected chi connectivity index (χ3v) is 6.34. The van der Waals surface area contributed by atoms with Crippen LogP contribution < -0.4 is 10.2 Å². The number of hydrogen-bond acceptors (Lipinski definition) is 5. The van der Waals surface area contributed by atoms with E-state index in [-0.39, 0.29) is 24.0 Å². The van der Waals surface area contributed by atoms with Crippen LogP contribution in [-0.2, 0) is 16.1 Å². The van der Waals surface area contributed by atoms with Crippen LogP contribution in [-0.4, -0.2) is 29.8 Å². The molecule has 1 aliphatic heterocycles. The Morgan fingerprint density at radius 2 is 1.62 bits per heavy atom. The Bertz CT molecular complexity index is 1130. The summed E-state index contributed by atoms with van der Waals surface area (Å²) in [6, 6.07) is 17.3. The van der Waals surface area contributed by atoms with Crippen LogP contribution in [0, 0.1) is 5.82 Å². The molecule has 164 valence electrons. The number of nitrogens with zero attached hydrogens (tertiary/aromatic N) is 2. The van der Waals surface area contributed by atoms with Crippen molar-refractivity contribution in [3.8, 4) is 0 Å². The first-order valence-electron chi connectivity index (χ1n) is 10.5. The highest BCUT2D eigenvalue weighted by atomic mass is 32.1. The van der Waals surface area contributed by atoms with Gasteiger partial charge in [0.05, 0.1) is 12.1 Å². The number of rotatable bonds is 8. The first-order valence-corrected chi connectivity index (χ1v) is 11.4. The molecule has 0 radical (unpaired) electrons. The number of hydrogen-bond donors (Lipinski definition) is 1. The van der Waals surface area contributed by atoms with Gasteiger partial charge in [-0.2, -0.15) is 0 Å². The van der Waals surface area contributed by atoms with Gasteiger partial charge >= 0.3 is 0 Å². The Kier molecular flexibility index (Phi) is 6.37. The second-order valence-corrected chi connectivity index (χ2v) is 8.34. The first-order chi connectivity index (χ1) is 15.5. The van der Waals surface area contributed by atoms with Crippen molar-refractivity contribution < 1.29 is 14.0 Å². The third kappa shape index (κ3) is 4.29. The predicted molar refractivity (Wildman–Crippen MR) is 127 cm³/mol. The Labute approximate surface area is 190 Å². The third-order valence-electron chi connectivity index (χ3n) is 5.45. The van der Waals surface area contributed by atoms with Crippen molar-refractivity contribution in [2.45, 2.75) is 20.4 Å². The van der Waals surface area contributed by atoms with E-state index < -0.39 is 5.91 Å². The van der Waals surface area contributed by atoms with Crippen LogP contribution in [0.5, 0.6) is 0 Å². The molecule has 0 spiro atoms. The summed E-state index contributed by atoms with van der Waals surface area (Å²) in [7, 11) is 0. The van der Waals surface area contributed by atoms with E-state index in [0.717, 1.165) is 29.3 Å². The number of anilines is 2. The van der Waals surface area contributed by atoms with Gasteiger partial charge in [-0.25, -0.2) is 4.39 Å². The van der Waals surface area contributed by atoms with Gasteiger partial charge < -0.3 is 10.2 Å². The van der Waals surface area contributed by atoms with Crippen LogP contribution in [0.3, 0.4) is 0 Å². The fourth-order valence-corrected chi connectivity index (χ4v) is 4.51. The van der Waals surface area contributed by atoms with Gasteiger partial charge in [-0.15, -0.1) is 11.3 Å². The number of nitrogens with one attached hydrogen (secondary N) is 1. The Balaban J connectivity index is 1.63. The van der Waals surface area contributed by atoms with Crippen LogP contribution in [0.1, 0.15) is 24.3 Å². The summed E-state index contributed by atoms with van der Waals surface area (Å²) < 4.78 is 13.3. The molecular weight excluding hydrogens is 425 g/mol. The topological polar surface area (TPSA) is 52.7 Å². The van der Waals surface area contributed by atoms with Crippen LogP contribution in [0.25, 0.3) is 5.57 Å². The highest BCUT2D eigenvalue weighted by Crippen LogP contribution is 2.34. The second-order valence-electron chi connectivity index (χ2n) is 7.39. The van der Waals surface area contributed by atoms with Crippen molar-refractivity contribution in [3.05, 3.63) is 88.0 Å². The summed E-state index contributed by atoms with van der Waals surface area (Å²) in [4.78, 5) is 30.7. The summed E-state index contributed by atoms with van der Waals surface area (Å²) in [6.07, 6.45) is 0. The van der Waals surface area contributed by atoms with Gasteiger partial charge in [0.1, 0.15) is 11.5 Å². The van der Waals surface area contributed by atoms with Gasteiger partial charge in [0.25, 0.3) is 11.8 Å². The SMILES string of the molecule is CCN(CC)c1ccc(NC2=C(c3cccs3)C(=O)N(Cc3ccc(F)cc3)C2=O)cc1. The number of carbonyl (C=O) groups is 2. The molecule has 0 saturated heterocycles. The minimum absolute atomic E-state index is 0.0822. The monoisotopic (exact) mass is 449 g/mol. The zero-order valence-electron chi connectivity index (χ0n) is 18.0. The van der Waals surface area contributed by atoms with Crippen molar-refractivity contribution in [2.75, 3.05) is 23.3 Å². The van der Waals surface area contributed by atoms with Gasteiger partial charge in [-0.1, -0.05) is 18.2 Å². The predicted octanol–water partition coefficient (Wildman–Crippen LogP) is 5.13. The summed E-state index contributed by atoms with van der Waals surface area (Å²) in [5.41, 5.74) is 3.13. The molecule has 2 aromatic carbocycles. The molecule has 0 atom stereocenters. The van der Waals surface area contributed by atoms with E-state index in [9.17, 15) is 14.0 Å². The van der Waals surface area contributed by atoms with E-state index in [1.54, 1.807) is 12.1 Å². The van der Waals surface area contributed by atoms with Gasteiger partial charge in [-0.3, -0.25) is 14.5 Å². The fraction of sp³-hybridized carbons (Fsp3) is 0.200. The fourth-order valence-electron chi connectivity index (χ4n) is 3.75. The lowest BCUT2D eigenvalue weighted by atomic mass is 10.1. The maximum Gasteiger partial charge on any atom is 0.278 e. The van der Waals surface area contributed by atoms with Crippen LogP contribution in [0.15, 0.2) is 71.7 Å². The summed E-state index contributed by atoms with van der Waals surface area (Å²) >= 11 is 1.41. The molecule has 4 rings (SSSR count). The van der Waals surface area contributed by atoms with Crippen LogP contribution in [0.4, 0.5) is 15.8 Å². The number of thiophene rings is 1. The Hall–Kier alpha value is -3.45. The van der Waals surface area contributed by atoms with Crippen LogP contribution >= 0.6 is 11.3 Å². The number of amides is 2.